The van der Waals surface area contributed by atoms with Gasteiger partial charge in [0.25, 0.3) is 6.43 Å². The molecular formula is C9H5F2N3. The van der Waals surface area contributed by atoms with E-state index in [4.69, 9.17) is 5.26 Å². The summed E-state index contributed by atoms with van der Waals surface area (Å²) >= 11 is 0. The summed E-state index contributed by atoms with van der Waals surface area (Å²) in [5.74, 6) is -0.400. The van der Waals surface area contributed by atoms with Gasteiger partial charge in [-0.25, -0.2) is 13.8 Å². The fourth-order valence-electron chi connectivity index (χ4n) is 1.24. The van der Waals surface area contributed by atoms with Crippen LogP contribution in [-0.2, 0) is 0 Å². The van der Waals surface area contributed by atoms with Gasteiger partial charge in [-0.2, -0.15) is 5.26 Å². The number of nitrogens with one attached hydrogen (secondary N) is 1. The van der Waals surface area contributed by atoms with Crippen LogP contribution in [0, 0.1) is 11.3 Å². The molecule has 14 heavy (non-hydrogen) atoms. The predicted octanol–water partition coefficient (Wildman–Crippen LogP) is 2.37. The molecule has 2 aromatic rings. The normalized spacial score (nSPS) is 10.7. The molecule has 0 atom stereocenters. The van der Waals surface area contributed by atoms with Crippen molar-refractivity contribution < 1.29 is 8.78 Å². The summed E-state index contributed by atoms with van der Waals surface area (Å²) in [6.07, 6.45) is -2.64. The minimum absolute atomic E-state index is 0.297. The highest BCUT2D eigenvalue weighted by atomic mass is 19.3. The lowest BCUT2D eigenvalue weighted by atomic mass is 10.2. The number of aromatic nitrogens is 2. The zero-order chi connectivity index (χ0) is 10.1. The fourth-order valence-corrected chi connectivity index (χ4v) is 1.24. The standard InChI is InChI=1S/C9H5F2N3/c10-8(11)9-13-6-3-1-2-5(4-12)7(6)14-9/h1-3,8H,(H,13,14). The number of nitrogens with zero attached hydrogens (tertiary/aromatic N) is 2. The van der Waals surface area contributed by atoms with Gasteiger partial charge in [-0.15, -0.1) is 0 Å². The van der Waals surface area contributed by atoms with Crippen molar-refractivity contribution in [2.45, 2.75) is 6.43 Å². The zero-order valence-corrected chi connectivity index (χ0v) is 6.96. The van der Waals surface area contributed by atoms with E-state index < -0.39 is 12.2 Å². The van der Waals surface area contributed by atoms with E-state index in [1.807, 2.05) is 6.07 Å². The van der Waals surface area contributed by atoms with E-state index in [-0.39, 0.29) is 0 Å². The van der Waals surface area contributed by atoms with E-state index in [1.165, 1.54) is 0 Å². The van der Waals surface area contributed by atoms with Gasteiger partial charge in [-0.05, 0) is 12.1 Å². The molecule has 2 rings (SSSR count). The monoisotopic (exact) mass is 193 g/mol. The molecule has 0 spiro atoms. The van der Waals surface area contributed by atoms with Crippen molar-refractivity contribution in [3.05, 3.63) is 29.6 Å². The van der Waals surface area contributed by atoms with E-state index in [0.29, 0.717) is 16.6 Å². The lowest BCUT2D eigenvalue weighted by molar-refractivity contribution is 0.142. The number of fused-ring (bicyclic) bond motifs is 1. The van der Waals surface area contributed by atoms with E-state index >= 15 is 0 Å². The molecule has 0 radical (unpaired) electrons. The molecule has 0 aliphatic rings. The van der Waals surface area contributed by atoms with Gasteiger partial charge in [-0.3, -0.25) is 0 Å². The Morgan fingerprint density at radius 3 is 2.86 bits per heavy atom. The number of H-pyrrole nitrogens is 1. The van der Waals surface area contributed by atoms with Gasteiger partial charge in [0, 0.05) is 0 Å². The maximum Gasteiger partial charge on any atom is 0.295 e. The van der Waals surface area contributed by atoms with E-state index in [0.717, 1.165) is 0 Å². The van der Waals surface area contributed by atoms with Crippen LogP contribution in [0.2, 0.25) is 0 Å². The highest BCUT2D eigenvalue weighted by molar-refractivity contribution is 5.81. The average molecular weight is 193 g/mol. The molecule has 0 amide bonds. The second-order valence-corrected chi connectivity index (χ2v) is 2.74. The first kappa shape index (κ1) is 8.63. The third kappa shape index (κ3) is 1.21. The maximum absolute atomic E-state index is 12.3. The van der Waals surface area contributed by atoms with Crippen LogP contribution in [0.1, 0.15) is 17.8 Å². The number of halogens is 2. The highest BCUT2D eigenvalue weighted by Crippen LogP contribution is 2.21. The molecule has 0 saturated carbocycles. The second-order valence-electron chi connectivity index (χ2n) is 2.74. The van der Waals surface area contributed by atoms with Gasteiger partial charge < -0.3 is 4.98 Å². The Morgan fingerprint density at radius 1 is 1.43 bits per heavy atom. The SMILES string of the molecule is N#Cc1cccc2[nH]c(C(F)F)nc12. The average Bonchev–Trinajstić information content (AvgIpc) is 2.60. The largest absolute Gasteiger partial charge is 0.337 e. The first-order chi connectivity index (χ1) is 6.72. The Kier molecular flexibility index (Phi) is 1.89. The van der Waals surface area contributed by atoms with Crippen LogP contribution >= 0.6 is 0 Å². The summed E-state index contributed by atoms with van der Waals surface area (Å²) in [5.41, 5.74) is 1.05. The van der Waals surface area contributed by atoms with E-state index in [2.05, 4.69) is 9.97 Å². The first-order valence-electron chi connectivity index (χ1n) is 3.89. The topological polar surface area (TPSA) is 52.5 Å². The highest BCUT2D eigenvalue weighted by Gasteiger charge is 2.13. The van der Waals surface area contributed by atoms with Crippen LogP contribution in [0.15, 0.2) is 18.2 Å². The molecule has 0 unspecified atom stereocenters. The zero-order valence-electron chi connectivity index (χ0n) is 6.96. The Morgan fingerprint density at radius 2 is 2.21 bits per heavy atom. The molecule has 3 nitrogen and oxygen atoms in total. The summed E-state index contributed by atoms with van der Waals surface area (Å²) in [5, 5.41) is 8.69. The van der Waals surface area contributed by atoms with Crippen LogP contribution in [0.4, 0.5) is 8.78 Å². The number of imidazole rings is 1. The van der Waals surface area contributed by atoms with Gasteiger partial charge in [0.15, 0.2) is 5.82 Å². The molecule has 1 N–H and O–H groups in total. The molecule has 0 aliphatic heterocycles. The summed E-state index contributed by atoms with van der Waals surface area (Å²) in [7, 11) is 0. The number of alkyl halides is 2. The van der Waals surface area contributed by atoms with Gasteiger partial charge in [0.1, 0.15) is 11.6 Å². The molecule has 1 aromatic carbocycles. The fraction of sp³-hybridized carbons (Fsp3) is 0.111. The van der Waals surface area contributed by atoms with Gasteiger partial charge in [0.05, 0.1) is 11.1 Å². The molecular weight excluding hydrogens is 188 g/mol. The quantitative estimate of drug-likeness (QED) is 0.755. The first-order valence-corrected chi connectivity index (χ1v) is 3.89. The Labute approximate surface area is 78.0 Å². The molecule has 1 heterocycles. The summed E-state index contributed by atoms with van der Waals surface area (Å²) < 4.78 is 24.5. The lowest BCUT2D eigenvalue weighted by Gasteiger charge is -1.88. The van der Waals surface area contributed by atoms with Crippen molar-refractivity contribution in [2.24, 2.45) is 0 Å². The van der Waals surface area contributed by atoms with Crippen LogP contribution in [0.5, 0.6) is 0 Å². The molecule has 70 valence electrons. The van der Waals surface area contributed by atoms with Gasteiger partial charge >= 0.3 is 0 Å². The minimum atomic E-state index is -2.64. The summed E-state index contributed by atoms with van der Waals surface area (Å²) in [6.45, 7) is 0. The Bertz CT molecular complexity index is 510. The number of nitriles is 1. The smallest absolute Gasteiger partial charge is 0.295 e. The summed E-state index contributed by atoms with van der Waals surface area (Å²) in [4.78, 5) is 6.11. The number of hydrogen-bond acceptors (Lipinski definition) is 2. The van der Waals surface area contributed by atoms with Gasteiger partial charge in [0.2, 0.25) is 0 Å². The summed E-state index contributed by atoms with van der Waals surface area (Å²) in [6, 6.07) is 6.66. The number of rotatable bonds is 1. The van der Waals surface area contributed by atoms with Crippen molar-refractivity contribution in [1.82, 2.24) is 9.97 Å². The van der Waals surface area contributed by atoms with Crippen molar-refractivity contribution in [2.75, 3.05) is 0 Å². The van der Waals surface area contributed by atoms with Crippen molar-refractivity contribution in [1.29, 1.82) is 5.26 Å². The minimum Gasteiger partial charge on any atom is -0.337 e. The van der Waals surface area contributed by atoms with Crippen LogP contribution < -0.4 is 0 Å². The Balaban J connectivity index is 2.72. The van der Waals surface area contributed by atoms with Crippen molar-refractivity contribution in [3.8, 4) is 6.07 Å². The number of hydrogen-bond donors (Lipinski definition) is 1. The van der Waals surface area contributed by atoms with Crippen LogP contribution in [0.25, 0.3) is 11.0 Å². The lowest BCUT2D eigenvalue weighted by Crippen LogP contribution is -1.85. The van der Waals surface area contributed by atoms with Crippen molar-refractivity contribution in [3.63, 3.8) is 0 Å². The molecule has 1 aromatic heterocycles. The predicted molar refractivity (Wildman–Crippen MR) is 45.8 cm³/mol. The van der Waals surface area contributed by atoms with E-state index in [1.54, 1.807) is 18.2 Å². The maximum atomic E-state index is 12.3. The van der Waals surface area contributed by atoms with E-state index in [9.17, 15) is 8.78 Å². The van der Waals surface area contributed by atoms with Crippen LogP contribution in [-0.4, -0.2) is 9.97 Å². The number of aromatic amines is 1. The molecule has 0 saturated heterocycles. The molecule has 0 aliphatic carbocycles. The number of para-hydroxylation sites is 1. The van der Waals surface area contributed by atoms with Gasteiger partial charge in [-0.1, -0.05) is 6.07 Å². The number of benzene rings is 1. The third-order valence-corrected chi connectivity index (χ3v) is 1.86. The Hall–Kier alpha value is -1.96. The third-order valence-electron chi connectivity index (χ3n) is 1.86. The second kappa shape index (κ2) is 3.07. The van der Waals surface area contributed by atoms with Crippen LogP contribution in [0.3, 0.4) is 0 Å². The molecule has 5 heteroatoms. The molecule has 0 fully saturated rings. The molecule has 0 bridgehead atoms. The van der Waals surface area contributed by atoms with Crippen molar-refractivity contribution >= 4 is 11.0 Å².